The van der Waals surface area contributed by atoms with Gasteiger partial charge in [0.1, 0.15) is 11.3 Å². The standard InChI is InChI=1S/C22H23N5O2/c1-5-17(10-14(2)16-9-7-6-8-15(11-16)12-23)22(3)19(28)18(13-24)20(29)27(4)21(25)26-22/h5-6,8-11,13,24,28H,1-2,7H2,3-4H3,(H2,25,26)/b17-10+,24-13?. The Balaban J connectivity index is 2.63. The second-order valence-electron chi connectivity index (χ2n) is 6.65. The fourth-order valence-electron chi connectivity index (χ4n) is 2.96. The summed E-state index contributed by atoms with van der Waals surface area (Å²) in [5.41, 5.74) is 6.50. The van der Waals surface area contributed by atoms with Crippen LogP contribution in [0.1, 0.15) is 13.3 Å². The second kappa shape index (κ2) is 8.40. The molecule has 1 atom stereocenters. The molecule has 0 spiro atoms. The maximum atomic E-state index is 12.5. The molecule has 0 bridgehead atoms. The first-order valence-corrected chi connectivity index (χ1v) is 8.79. The number of carbonyl (C=O) groups is 1. The van der Waals surface area contributed by atoms with Gasteiger partial charge in [-0.25, -0.2) is 4.99 Å². The van der Waals surface area contributed by atoms with E-state index in [2.05, 4.69) is 24.2 Å². The lowest BCUT2D eigenvalue weighted by molar-refractivity contribution is -0.122. The fourth-order valence-corrected chi connectivity index (χ4v) is 2.96. The van der Waals surface area contributed by atoms with Crippen LogP contribution < -0.4 is 5.73 Å². The predicted molar refractivity (Wildman–Crippen MR) is 114 cm³/mol. The van der Waals surface area contributed by atoms with Crippen LogP contribution in [0.15, 0.2) is 88.2 Å². The molecule has 1 aliphatic carbocycles. The molecule has 2 aliphatic rings. The molecule has 7 heteroatoms. The molecule has 0 saturated carbocycles. The molecule has 0 radical (unpaired) electrons. The normalized spacial score (nSPS) is 22.7. The van der Waals surface area contributed by atoms with Gasteiger partial charge in [-0.05, 0) is 48.3 Å². The van der Waals surface area contributed by atoms with Crippen LogP contribution >= 0.6 is 0 Å². The number of rotatable bonds is 5. The van der Waals surface area contributed by atoms with Gasteiger partial charge in [0.2, 0.25) is 0 Å². The topological polar surface area (TPSA) is 127 Å². The number of likely N-dealkylation sites (N-methyl/N-ethyl adjacent to an activating group) is 1. The summed E-state index contributed by atoms with van der Waals surface area (Å²) < 4.78 is 0. The Morgan fingerprint density at radius 1 is 1.55 bits per heavy atom. The Labute approximate surface area is 170 Å². The van der Waals surface area contributed by atoms with Gasteiger partial charge in [-0.2, -0.15) is 5.26 Å². The van der Waals surface area contributed by atoms with Gasteiger partial charge >= 0.3 is 0 Å². The first-order chi connectivity index (χ1) is 13.7. The number of hydrogen-bond donors (Lipinski definition) is 3. The third-order valence-electron chi connectivity index (χ3n) is 4.77. The molecular formula is C22H23N5O2. The highest BCUT2D eigenvalue weighted by Gasteiger charge is 2.40. The van der Waals surface area contributed by atoms with Crippen molar-refractivity contribution in [2.24, 2.45) is 10.7 Å². The number of allylic oxidation sites excluding steroid dienone is 8. The highest BCUT2D eigenvalue weighted by atomic mass is 16.3. The lowest BCUT2D eigenvalue weighted by Gasteiger charge is -2.26. The third-order valence-corrected chi connectivity index (χ3v) is 4.77. The van der Waals surface area contributed by atoms with Crippen molar-refractivity contribution in [1.29, 1.82) is 10.7 Å². The Hall–Kier alpha value is -3.92. The van der Waals surface area contributed by atoms with E-state index in [9.17, 15) is 15.2 Å². The number of nitrogens with one attached hydrogen (secondary N) is 1. The molecular weight excluding hydrogens is 366 g/mol. The van der Waals surface area contributed by atoms with Crippen molar-refractivity contribution >= 4 is 18.1 Å². The molecule has 4 N–H and O–H groups in total. The van der Waals surface area contributed by atoms with E-state index < -0.39 is 17.2 Å². The summed E-state index contributed by atoms with van der Waals surface area (Å²) in [6.07, 6.45) is 11.8. The third kappa shape index (κ3) is 4.01. The maximum absolute atomic E-state index is 12.5. The number of nitrogens with zero attached hydrogens (tertiary/aromatic N) is 3. The van der Waals surface area contributed by atoms with E-state index in [0.29, 0.717) is 23.1 Å². The number of nitrogens with two attached hydrogens (primary N) is 1. The minimum absolute atomic E-state index is 0.108. The van der Waals surface area contributed by atoms with Gasteiger partial charge in [0.05, 0.1) is 17.2 Å². The molecule has 1 amide bonds. The lowest BCUT2D eigenvalue weighted by Crippen LogP contribution is -2.39. The number of guanidine groups is 1. The second-order valence-corrected chi connectivity index (χ2v) is 6.65. The largest absolute Gasteiger partial charge is 0.508 e. The summed E-state index contributed by atoms with van der Waals surface area (Å²) in [7, 11) is 1.41. The number of hydrogen-bond acceptors (Lipinski definition) is 6. The highest BCUT2D eigenvalue weighted by Crippen LogP contribution is 2.35. The average Bonchev–Trinajstić information content (AvgIpc) is 2.99. The zero-order chi connectivity index (χ0) is 21.8. The van der Waals surface area contributed by atoms with E-state index >= 15 is 0 Å². The van der Waals surface area contributed by atoms with Gasteiger partial charge < -0.3 is 16.2 Å². The zero-order valence-electron chi connectivity index (χ0n) is 16.4. The average molecular weight is 389 g/mol. The molecule has 1 unspecified atom stereocenters. The van der Waals surface area contributed by atoms with E-state index in [4.69, 9.17) is 11.1 Å². The van der Waals surface area contributed by atoms with Crippen molar-refractivity contribution in [3.8, 4) is 6.07 Å². The van der Waals surface area contributed by atoms with Gasteiger partial charge in [-0.15, -0.1) is 0 Å². The number of amides is 1. The van der Waals surface area contributed by atoms with Crippen molar-refractivity contribution in [3.05, 3.63) is 83.2 Å². The molecule has 0 aromatic rings. The minimum Gasteiger partial charge on any atom is -0.508 e. The first-order valence-electron chi connectivity index (χ1n) is 8.79. The van der Waals surface area contributed by atoms with E-state index in [0.717, 1.165) is 16.7 Å². The number of aliphatic imine (C=N–C) groups is 1. The van der Waals surface area contributed by atoms with Crippen LogP contribution in [-0.2, 0) is 4.79 Å². The molecule has 148 valence electrons. The van der Waals surface area contributed by atoms with Gasteiger partial charge in [0, 0.05) is 13.3 Å². The summed E-state index contributed by atoms with van der Waals surface area (Å²) in [4.78, 5) is 17.9. The lowest BCUT2D eigenvalue weighted by atomic mass is 9.85. The Morgan fingerprint density at radius 2 is 2.24 bits per heavy atom. The fraction of sp³-hybridized carbons (Fsp3) is 0.182. The summed E-state index contributed by atoms with van der Waals surface area (Å²) in [5.74, 6) is -1.15. The summed E-state index contributed by atoms with van der Waals surface area (Å²) in [6, 6.07) is 2.11. The highest BCUT2D eigenvalue weighted by molar-refractivity contribution is 6.17. The van der Waals surface area contributed by atoms with Crippen LogP contribution in [-0.4, -0.2) is 40.7 Å². The Kier molecular flexibility index (Phi) is 6.19. The SMILES string of the molecule is C=C/C(=C\C(=C)C1=CCC=CC(C#N)=C1)C1(C)N=C(N)N(C)C(=O)C(C=N)=C1O. The zero-order valence-corrected chi connectivity index (χ0v) is 16.4. The number of aliphatic hydroxyl groups is 1. The van der Waals surface area contributed by atoms with E-state index in [1.165, 1.54) is 13.1 Å². The summed E-state index contributed by atoms with van der Waals surface area (Å²) >= 11 is 0. The van der Waals surface area contributed by atoms with Crippen LogP contribution in [0.4, 0.5) is 0 Å². The maximum Gasteiger partial charge on any atom is 0.265 e. The number of carbonyl (C=O) groups excluding carboxylic acids is 1. The van der Waals surface area contributed by atoms with Crippen molar-refractivity contribution in [3.63, 3.8) is 0 Å². The van der Waals surface area contributed by atoms with E-state index in [1.54, 1.807) is 25.2 Å². The van der Waals surface area contributed by atoms with Crippen molar-refractivity contribution in [2.45, 2.75) is 18.9 Å². The Bertz CT molecular complexity index is 1010. The van der Waals surface area contributed by atoms with Gasteiger partial charge in [0.25, 0.3) is 5.91 Å². The molecule has 7 nitrogen and oxygen atoms in total. The van der Waals surface area contributed by atoms with Crippen molar-refractivity contribution < 1.29 is 9.90 Å². The quantitative estimate of drug-likeness (QED) is 0.493. The van der Waals surface area contributed by atoms with Crippen molar-refractivity contribution in [1.82, 2.24) is 4.90 Å². The Morgan fingerprint density at radius 3 is 2.83 bits per heavy atom. The van der Waals surface area contributed by atoms with Crippen molar-refractivity contribution in [2.75, 3.05) is 7.05 Å². The molecule has 1 aliphatic heterocycles. The smallest absolute Gasteiger partial charge is 0.265 e. The first kappa shape index (κ1) is 21.4. The van der Waals surface area contributed by atoms with Crippen LogP contribution in [0.2, 0.25) is 0 Å². The van der Waals surface area contributed by atoms with Gasteiger partial charge in [0.15, 0.2) is 5.96 Å². The van der Waals surface area contributed by atoms with Crippen LogP contribution in [0.5, 0.6) is 0 Å². The van der Waals surface area contributed by atoms with Gasteiger partial charge in [-0.1, -0.05) is 31.4 Å². The van der Waals surface area contributed by atoms with E-state index in [1.807, 2.05) is 12.2 Å². The van der Waals surface area contributed by atoms with Crippen LogP contribution in [0, 0.1) is 16.7 Å². The number of nitriles is 1. The molecule has 0 aromatic heterocycles. The minimum atomic E-state index is -1.45. The summed E-state index contributed by atoms with van der Waals surface area (Å²) in [6.45, 7) is 9.44. The summed E-state index contributed by atoms with van der Waals surface area (Å²) in [5, 5.41) is 27.6. The van der Waals surface area contributed by atoms with E-state index in [-0.39, 0.29) is 11.5 Å². The number of aliphatic hydroxyl groups excluding tert-OH is 1. The molecule has 0 fully saturated rings. The van der Waals surface area contributed by atoms with Crippen LogP contribution in [0.3, 0.4) is 0 Å². The molecule has 2 rings (SSSR count). The molecule has 29 heavy (non-hydrogen) atoms. The predicted octanol–water partition coefficient (Wildman–Crippen LogP) is 3.00. The monoisotopic (exact) mass is 389 g/mol. The molecule has 0 saturated heterocycles. The molecule has 1 heterocycles. The van der Waals surface area contributed by atoms with Gasteiger partial charge in [-0.3, -0.25) is 9.69 Å². The molecule has 0 aromatic carbocycles. The van der Waals surface area contributed by atoms with Crippen LogP contribution in [0.25, 0.3) is 0 Å².